The van der Waals surface area contributed by atoms with Crippen LogP contribution < -0.4 is 15.8 Å². The van der Waals surface area contributed by atoms with Crippen LogP contribution in [0.4, 0.5) is 0 Å². The van der Waals surface area contributed by atoms with Gasteiger partial charge in [-0.3, -0.25) is 4.79 Å². The van der Waals surface area contributed by atoms with Crippen molar-refractivity contribution in [1.82, 2.24) is 5.32 Å². The number of rotatable bonds is 5. The van der Waals surface area contributed by atoms with E-state index in [2.05, 4.69) is 5.32 Å². The summed E-state index contributed by atoms with van der Waals surface area (Å²) in [6.45, 7) is 2.32. The van der Waals surface area contributed by atoms with Crippen LogP contribution in [-0.4, -0.2) is 24.6 Å². The smallest absolute Gasteiger partial charge is 0.261 e. The quantitative estimate of drug-likeness (QED) is 0.872. The second-order valence-corrected chi connectivity index (χ2v) is 6.19. The maximum atomic E-state index is 12.2. The van der Waals surface area contributed by atoms with Crippen molar-refractivity contribution >= 4 is 29.1 Å². The Morgan fingerprint density at radius 3 is 2.86 bits per heavy atom. The lowest BCUT2D eigenvalue weighted by Crippen LogP contribution is -2.45. The van der Waals surface area contributed by atoms with Crippen molar-refractivity contribution in [2.24, 2.45) is 11.7 Å². The van der Waals surface area contributed by atoms with Crippen LogP contribution in [0.1, 0.15) is 26.2 Å². The molecule has 21 heavy (non-hydrogen) atoms. The van der Waals surface area contributed by atoms with E-state index in [4.69, 9.17) is 33.7 Å². The highest BCUT2D eigenvalue weighted by Crippen LogP contribution is 2.27. The van der Waals surface area contributed by atoms with Gasteiger partial charge in [-0.1, -0.05) is 29.6 Å². The zero-order valence-electron chi connectivity index (χ0n) is 11.9. The fraction of sp³-hybridized carbons (Fsp3) is 0.533. The van der Waals surface area contributed by atoms with Crippen molar-refractivity contribution < 1.29 is 9.53 Å². The molecule has 0 bridgehead atoms. The predicted molar refractivity (Wildman–Crippen MR) is 84.9 cm³/mol. The van der Waals surface area contributed by atoms with Crippen LogP contribution in [-0.2, 0) is 4.79 Å². The van der Waals surface area contributed by atoms with E-state index in [9.17, 15) is 4.79 Å². The van der Waals surface area contributed by atoms with E-state index in [1.807, 2.05) is 0 Å². The Hall–Kier alpha value is -0.970. The number of ether oxygens (including phenoxy) is 1. The number of hydrogen-bond donors (Lipinski definition) is 2. The zero-order chi connectivity index (χ0) is 15.4. The molecule has 2 rings (SSSR count). The van der Waals surface area contributed by atoms with Crippen LogP contribution in [0, 0.1) is 5.92 Å². The van der Waals surface area contributed by atoms with Gasteiger partial charge in [0, 0.05) is 12.1 Å². The lowest BCUT2D eigenvalue weighted by Gasteiger charge is -2.22. The van der Waals surface area contributed by atoms with Gasteiger partial charge in [-0.2, -0.15) is 0 Å². The first-order valence-corrected chi connectivity index (χ1v) is 7.89. The molecule has 0 heterocycles. The van der Waals surface area contributed by atoms with Crippen LogP contribution in [0.3, 0.4) is 0 Å². The Morgan fingerprint density at radius 2 is 2.19 bits per heavy atom. The molecule has 0 aromatic heterocycles. The van der Waals surface area contributed by atoms with Crippen molar-refractivity contribution in [3.05, 3.63) is 28.2 Å². The first-order valence-electron chi connectivity index (χ1n) is 7.13. The number of carbonyl (C=O) groups excluding carboxylic acids is 1. The molecule has 6 heteroatoms. The number of nitrogens with one attached hydrogen (secondary N) is 1. The first kappa shape index (κ1) is 16.4. The van der Waals surface area contributed by atoms with Crippen LogP contribution in [0.15, 0.2) is 18.2 Å². The molecule has 1 fully saturated rings. The van der Waals surface area contributed by atoms with Gasteiger partial charge >= 0.3 is 0 Å². The molecule has 1 aromatic carbocycles. The van der Waals surface area contributed by atoms with Gasteiger partial charge in [-0.25, -0.2) is 0 Å². The van der Waals surface area contributed by atoms with Gasteiger partial charge in [0.1, 0.15) is 5.75 Å². The maximum absolute atomic E-state index is 12.2. The van der Waals surface area contributed by atoms with Crippen molar-refractivity contribution in [3.8, 4) is 5.75 Å². The molecule has 0 saturated heterocycles. The summed E-state index contributed by atoms with van der Waals surface area (Å²) in [5.41, 5.74) is 5.72. The Balaban J connectivity index is 1.91. The summed E-state index contributed by atoms with van der Waals surface area (Å²) in [7, 11) is 0. The van der Waals surface area contributed by atoms with E-state index in [1.165, 1.54) is 0 Å². The average Bonchev–Trinajstić information content (AvgIpc) is 2.90. The molecule has 3 N–H and O–H groups in total. The van der Waals surface area contributed by atoms with E-state index in [1.54, 1.807) is 25.1 Å². The average molecular weight is 331 g/mol. The molecule has 0 spiro atoms. The SMILES string of the molecule is CC(Oc1ccc(Cl)c(Cl)c1)C(=O)NC1CCCC1CN. The van der Waals surface area contributed by atoms with E-state index >= 15 is 0 Å². The third-order valence-corrected chi connectivity index (χ3v) is 4.60. The van der Waals surface area contributed by atoms with E-state index in [0.717, 1.165) is 19.3 Å². The van der Waals surface area contributed by atoms with Gasteiger partial charge in [0.2, 0.25) is 0 Å². The lowest BCUT2D eigenvalue weighted by molar-refractivity contribution is -0.128. The zero-order valence-corrected chi connectivity index (χ0v) is 13.5. The number of amides is 1. The molecular formula is C15H20Cl2N2O2. The minimum Gasteiger partial charge on any atom is -0.481 e. The standard InChI is InChI=1S/C15H20Cl2N2O2/c1-9(21-11-5-6-12(16)13(17)7-11)15(20)19-14-4-2-3-10(14)8-18/h5-7,9-10,14H,2-4,8,18H2,1H3,(H,19,20). The molecule has 3 unspecified atom stereocenters. The van der Waals surface area contributed by atoms with Gasteiger partial charge in [-0.05, 0) is 44.4 Å². The Labute approximate surface area is 134 Å². The minimum absolute atomic E-state index is 0.133. The van der Waals surface area contributed by atoms with Crippen LogP contribution >= 0.6 is 23.2 Å². The summed E-state index contributed by atoms with van der Waals surface area (Å²) in [5, 5.41) is 3.88. The molecular weight excluding hydrogens is 311 g/mol. The number of hydrogen-bond acceptors (Lipinski definition) is 3. The van der Waals surface area contributed by atoms with E-state index < -0.39 is 6.10 Å². The van der Waals surface area contributed by atoms with Crippen LogP contribution in [0.25, 0.3) is 0 Å². The normalized spacial score (nSPS) is 22.9. The first-order chi connectivity index (χ1) is 10.0. The molecule has 0 radical (unpaired) electrons. The molecule has 1 amide bonds. The summed E-state index contributed by atoms with van der Waals surface area (Å²) in [6, 6.07) is 5.09. The Bertz CT molecular complexity index is 510. The monoisotopic (exact) mass is 330 g/mol. The highest BCUT2D eigenvalue weighted by Gasteiger charge is 2.29. The maximum Gasteiger partial charge on any atom is 0.261 e. The summed E-state index contributed by atoms with van der Waals surface area (Å²) < 4.78 is 5.60. The fourth-order valence-electron chi connectivity index (χ4n) is 2.62. The second kappa shape index (κ2) is 7.34. The third kappa shape index (κ3) is 4.25. The number of nitrogens with two attached hydrogens (primary N) is 1. The Kier molecular flexibility index (Phi) is 5.73. The van der Waals surface area contributed by atoms with Crippen LogP contribution in [0.5, 0.6) is 5.75 Å². The topological polar surface area (TPSA) is 64.3 Å². The fourth-order valence-corrected chi connectivity index (χ4v) is 2.90. The van der Waals surface area contributed by atoms with Crippen molar-refractivity contribution in [2.75, 3.05) is 6.54 Å². The summed E-state index contributed by atoms with van der Waals surface area (Å²) in [5.74, 6) is 0.756. The summed E-state index contributed by atoms with van der Waals surface area (Å²) in [4.78, 5) is 12.2. The van der Waals surface area contributed by atoms with Gasteiger partial charge in [0.15, 0.2) is 6.10 Å². The summed E-state index contributed by atoms with van der Waals surface area (Å²) in [6.07, 6.45) is 2.56. The predicted octanol–water partition coefficient (Wildman–Crippen LogP) is 3.00. The highest BCUT2D eigenvalue weighted by atomic mass is 35.5. The largest absolute Gasteiger partial charge is 0.481 e. The lowest BCUT2D eigenvalue weighted by atomic mass is 10.0. The minimum atomic E-state index is -0.596. The number of benzene rings is 1. The van der Waals surface area contributed by atoms with Gasteiger partial charge < -0.3 is 15.8 Å². The second-order valence-electron chi connectivity index (χ2n) is 5.38. The van der Waals surface area contributed by atoms with Crippen molar-refractivity contribution in [3.63, 3.8) is 0 Å². The highest BCUT2D eigenvalue weighted by molar-refractivity contribution is 6.42. The molecule has 1 aromatic rings. The van der Waals surface area contributed by atoms with Gasteiger partial charge in [-0.15, -0.1) is 0 Å². The van der Waals surface area contributed by atoms with E-state index in [-0.39, 0.29) is 11.9 Å². The molecule has 3 atom stereocenters. The van der Waals surface area contributed by atoms with Crippen molar-refractivity contribution in [2.45, 2.75) is 38.3 Å². The Morgan fingerprint density at radius 1 is 1.43 bits per heavy atom. The van der Waals surface area contributed by atoms with Crippen molar-refractivity contribution in [1.29, 1.82) is 0 Å². The summed E-state index contributed by atoms with van der Waals surface area (Å²) >= 11 is 11.8. The molecule has 1 saturated carbocycles. The molecule has 0 aliphatic heterocycles. The van der Waals surface area contributed by atoms with Crippen LogP contribution in [0.2, 0.25) is 10.0 Å². The molecule has 4 nitrogen and oxygen atoms in total. The van der Waals surface area contributed by atoms with Gasteiger partial charge in [0.05, 0.1) is 10.0 Å². The molecule has 116 valence electrons. The van der Waals surface area contributed by atoms with E-state index in [0.29, 0.717) is 28.3 Å². The van der Waals surface area contributed by atoms with Gasteiger partial charge in [0.25, 0.3) is 5.91 Å². The number of carbonyl (C=O) groups is 1. The molecule has 1 aliphatic carbocycles. The number of halogens is 2. The molecule has 1 aliphatic rings. The third-order valence-electron chi connectivity index (χ3n) is 3.86.